The molecule has 16 nitrogen and oxygen atoms in total. The van der Waals surface area contributed by atoms with E-state index < -0.39 is 65.8 Å². The number of nitrogens with one attached hydrogen (secondary N) is 1. The van der Waals surface area contributed by atoms with Crippen molar-refractivity contribution >= 4 is 47.3 Å². The van der Waals surface area contributed by atoms with E-state index in [1.54, 1.807) is 36.4 Å². The van der Waals surface area contributed by atoms with Crippen molar-refractivity contribution in [3.8, 4) is 22.6 Å². The zero-order valence-electron chi connectivity index (χ0n) is 37.3. The number of amides is 3. The molecule has 3 amide bonds. The Kier molecular flexibility index (Phi) is 15.6. The quantitative estimate of drug-likeness (QED) is 0.0446. The largest absolute Gasteiger partial charge is 0.493 e. The first-order valence-electron chi connectivity index (χ1n) is 21.4. The molecule has 2 N–H and O–H groups in total. The number of hydrogen-bond donors (Lipinski definition) is 2. The van der Waals surface area contributed by atoms with Gasteiger partial charge in [-0.1, -0.05) is 73.3 Å². The predicted molar refractivity (Wildman–Crippen MR) is 241 cm³/mol. The summed E-state index contributed by atoms with van der Waals surface area (Å²) in [5, 5.41) is 11.8. The predicted octanol–water partition coefficient (Wildman–Crippen LogP) is 6.51. The van der Waals surface area contributed by atoms with Gasteiger partial charge in [-0.2, -0.15) is 0 Å². The number of aryl methyl sites for hydroxylation is 1. The third-order valence-corrected chi connectivity index (χ3v) is 11.6. The minimum Gasteiger partial charge on any atom is -0.493 e. The van der Waals surface area contributed by atoms with Gasteiger partial charge in [-0.15, -0.1) is 0 Å². The molecule has 16 heteroatoms. The summed E-state index contributed by atoms with van der Waals surface area (Å²) in [4.78, 5) is 94.7. The lowest BCUT2D eigenvalue weighted by molar-refractivity contribution is -0.166. The third-order valence-electron chi connectivity index (χ3n) is 11.6. The van der Waals surface area contributed by atoms with E-state index in [1.165, 1.54) is 33.0 Å². The molecular formula is C50H53N3O13. The van der Waals surface area contributed by atoms with Crippen LogP contribution in [-0.4, -0.2) is 110 Å². The van der Waals surface area contributed by atoms with Crippen LogP contribution >= 0.6 is 0 Å². The molecule has 66 heavy (non-hydrogen) atoms. The number of Topliss-reactive ketones (excluding diaryl/α,β-unsaturated/α-hetero) is 1. The van der Waals surface area contributed by atoms with Crippen molar-refractivity contribution < 1.29 is 62.4 Å². The molecule has 0 saturated carbocycles. The molecule has 1 aliphatic heterocycles. The van der Waals surface area contributed by atoms with E-state index in [1.807, 2.05) is 54.6 Å². The highest BCUT2D eigenvalue weighted by Crippen LogP contribution is 2.44. The van der Waals surface area contributed by atoms with Crippen molar-refractivity contribution in [3.05, 3.63) is 126 Å². The van der Waals surface area contributed by atoms with Crippen LogP contribution in [0.4, 0.5) is 10.5 Å². The average Bonchev–Trinajstić information content (AvgIpc) is 3.65. The zero-order chi connectivity index (χ0) is 47.5. The van der Waals surface area contributed by atoms with Crippen LogP contribution in [0.2, 0.25) is 0 Å². The van der Waals surface area contributed by atoms with Gasteiger partial charge in [-0.05, 0) is 84.3 Å². The lowest BCUT2D eigenvalue weighted by atomic mass is 9.87. The van der Waals surface area contributed by atoms with Crippen molar-refractivity contribution in [3.63, 3.8) is 0 Å². The molecule has 0 aromatic heterocycles. The lowest BCUT2D eigenvalue weighted by Gasteiger charge is -2.40. The van der Waals surface area contributed by atoms with Gasteiger partial charge in [0.1, 0.15) is 25.4 Å². The molecule has 6 rings (SSSR count). The van der Waals surface area contributed by atoms with Crippen LogP contribution in [0, 0.1) is 5.41 Å². The number of benzene rings is 4. The number of rotatable bonds is 19. The number of esters is 2. The molecule has 2 aliphatic rings. The van der Waals surface area contributed by atoms with Gasteiger partial charge in [0.05, 0.1) is 32.6 Å². The number of nitrogens with zero attached hydrogens (tertiary/aromatic N) is 2. The maximum atomic E-state index is 14.7. The fraction of sp³-hybridized carbons (Fsp3) is 0.340. The fourth-order valence-electron chi connectivity index (χ4n) is 7.98. The Morgan fingerprint density at radius 1 is 0.833 bits per heavy atom. The van der Waals surface area contributed by atoms with Crippen LogP contribution in [-0.2, 0) is 49.4 Å². The Morgan fingerprint density at radius 2 is 1.52 bits per heavy atom. The molecule has 1 aliphatic carbocycles. The van der Waals surface area contributed by atoms with Gasteiger partial charge in [0.25, 0.3) is 5.91 Å². The topological polar surface area (TPSA) is 204 Å². The molecule has 346 valence electrons. The standard InChI is InChI=1S/C50H53N3O13/c1-6-45(57)65-30-50(2,3)46(58)47(59)53-25-24-52(49(61)64-29-38-36-16-9-7-14-34(36)35-15-8-10-17-37(35)38)28-39(53)48(60)66-40(20-18-31-19-21-41(62-4)42(26-31)63-5)32-12-11-13-33(27-32)51-43(54)22-23-44(55)56/h6-17,19,21,26-27,38-40H,1,18,20,22-25,28-30H2,2-5H3,(H,51,54)(H,55,56)/t39-,40?/m0/s1. The molecule has 1 unspecified atom stereocenters. The first kappa shape index (κ1) is 48.0. The van der Waals surface area contributed by atoms with Gasteiger partial charge in [-0.3, -0.25) is 19.2 Å². The number of carboxylic acids is 1. The zero-order valence-corrected chi connectivity index (χ0v) is 37.3. The van der Waals surface area contributed by atoms with Crippen molar-refractivity contribution in [2.75, 3.05) is 52.4 Å². The van der Waals surface area contributed by atoms with Crippen molar-refractivity contribution in [1.82, 2.24) is 9.80 Å². The first-order chi connectivity index (χ1) is 31.6. The average molecular weight is 904 g/mol. The number of carboxylic acid groups (broad SMARTS) is 1. The minimum absolute atomic E-state index is 0.00136. The summed E-state index contributed by atoms with van der Waals surface area (Å²) in [6, 6.07) is 26.1. The van der Waals surface area contributed by atoms with Gasteiger partial charge in [-0.25, -0.2) is 14.4 Å². The summed E-state index contributed by atoms with van der Waals surface area (Å²) in [6.07, 6.45) is -0.954. The molecular weight excluding hydrogens is 851 g/mol. The number of methoxy groups -OCH3 is 2. The van der Waals surface area contributed by atoms with Crippen LogP contribution in [0.1, 0.15) is 67.4 Å². The summed E-state index contributed by atoms with van der Waals surface area (Å²) in [5.41, 5.74) is 4.15. The third kappa shape index (κ3) is 11.4. The minimum atomic E-state index is -1.51. The van der Waals surface area contributed by atoms with Crippen molar-refractivity contribution in [2.45, 2.75) is 57.6 Å². The lowest BCUT2D eigenvalue weighted by Crippen LogP contribution is -2.62. The van der Waals surface area contributed by atoms with Gasteiger partial charge in [0.2, 0.25) is 11.7 Å². The Bertz CT molecular complexity index is 2460. The van der Waals surface area contributed by atoms with Crippen LogP contribution in [0.25, 0.3) is 11.1 Å². The van der Waals surface area contributed by atoms with Gasteiger partial charge in [0.15, 0.2) is 11.5 Å². The molecule has 0 bridgehead atoms. The van der Waals surface area contributed by atoms with E-state index >= 15 is 0 Å². The molecule has 4 aromatic rings. The second-order valence-electron chi connectivity index (χ2n) is 16.5. The number of piperazine rings is 1. The van der Waals surface area contributed by atoms with E-state index in [-0.39, 0.29) is 51.4 Å². The number of carbonyl (C=O) groups is 7. The van der Waals surface area contributed by atoms with Crippen LogP contribution in [0.3, 0.4) is 0 Å². The second kappa shape index (κ2) is 21.5. The number of fused-ring (bicyclic) bond motifs is 3. The molecule has 0 spiro atoms. The highest BCUT2D eigenvalue weighted by Gasteiger charge is 2.45. The molecule has 1 saturated heterocycles. The van der Waals surface area contributed by atoms with E-state index in [4.69, 9.17) is 28.8 Å². The normalized spacial score (nSPS) is 14.8. The number of ether oxygens (including phenoxy) is 5. The summed E-state index contributed by atoms with van der Waals surface area (Å²) in [6.45, 7) is 5.06. The number of hydrogen-bond acceptors (Lipinski definition) is 12. The molecule has 4 aromatic carbocycles. The van der Waals surface area contributed by atoms with Gasteiger partial charge < -0.3 is 43.9 Å². The summed E-state index contributed by atoms with van der Waals surface area (Å²) < 4.78 is 28.2. The number of carbonyl (C=O) groups excluding carboxylic acids is 6. The molecule has 2 atom stereocenters. The van der Waals surface area contributed by atoms with Crippen molar-refractivity contribution in [2.24, 2.45) is 5.41 Å². The summed E-state index contributed by atoms with van der Waals surface area (Å²) in [5.74, 6) is -4.63. The first-order valence-corrected chi connectivity index (χ1v) is 21.4. The van der Waals surface area contributed by atoms with Gasteiger partial charge in [0, 0.05) is 37.2 Å². The SMILES string of the molecule is C=CC(=O)OCC(C)(C)C(=O)C(=O)N1CCN(C(=O)OCC2c3ccccc3-c3ccccc32)C[C@H]1C(=O)OC(CCc1ccc(OC)c(OC)c1)c1cccc(NC(=O)CCC(=O)O)c1. The number of aliphatic carboxylic acids is 1. The number of anilines is 1. The second-order valence-corrected chi connectivity index (χ2v) is 16.5. The fourth-order valence-corrected chi connectivity index (χ4v) is 7.98. The maximum absolute atomic E-state index is 14.7. The smallest absolute Gasteiger partial charge is 0.409 e. The van der Waals surface area contributed by atoms with Crippen LogP contribution < -0.4 is 14.8 Å². The maximum Gasteiger partial charge on any atom is 0.409 e. The Labute approximate surface area is 382 Å². The molecule has 1 heterocycles. The highest BCUT2D eigenvalue weighted by atomic mass is 16.6. The number of ketones is 1. The van der Waals surface area contributed by atoms with E-state index in [2.05, 4.69) is 11.9 Å². The van der Waals surface area contributed by atoms with Gasteiger partial charge >= 0.3 is 24.0 Å². The monoisotopic (exact) mass is 903 g/mol. The Hall–Kier alpha value is -7.49. The highest BCUT2D eigenvalue weighted by molar-refractivity contribution is 6.38. The van der Waals surface area contributed by atoms with E-state index in [0.717, 1.165) is 38.8 Å². The Balaban J connectivity index is 1.28. The van der Waals surface area contributed by atoms with Crippen molar-refractivity contribution in [1.29, 1.82) is 0 Å². The van der Waals surface area contributed by atoms with E-state index in [0.29, 0.717) is 29.2 Å². The van der Waals surface area contributed by atoms with Crippen LogP contribution in [0.15, 0.2) is 104 Å². The molecule has 1 fully saturated rings. The van der Waals surface area contributed by atoms with Crippen LogP contribution in [0.5, 0.6) is 11.5 Å². The summed E-state index contributed by atoms with van der Waals surface area (Å²) in [7, 11) is 3.02. The molecule has 0 radical (unpaired) electrons. The van der Waals surface area contributed by atoms with E-state index in [9.17, 15) is 33.6 Å². The Morgan fingerprint density at radius 3 is 2.17 bits per heavy atom. The summed E-state index contributed by atoms with van der Waals surface area (Å²) >= 11 is 0.